The lowest BCUT2D eigenvalue weighted by Crippen LogP contribution is -2.61. The van der Waals surface area contributed by atoms with Crippen LogP contribution in [0, 0.1) is 5.92 Å². The number of piperidine rings is 1. The van der Waals surface area contributed by atoms with Crippen LogP contribution in [-0.4, -0.2) is 89.6 Å². The first-order valence-corrected chi connectivity index (χ1v) is 11.4. The van der Waals surface area contributed by atoms with Crippen molar-refractivity contribution in [3.8, 4) is 0 Å². The van der Waals surface area contributed by atoms with Crippen LogP contribution in [-0.2, 0) is 4.79 Å². The van der Waals surface area contributed by atoms with Crippen LogP contribution in [0.5, 0.6) is 0 Å². The van der Waals surface area contributed by atoms with E-state index in [1.54, 1.807) is 27.1 Å². The normalized spacial score (nSPS) is 20.3. The third-order valence-corrected chi connectivity index (χ3v) is 7.02. The number of likely N-dealkylation sites (tertiary alicyclic amines) is 2. The van der Waals surface area contributed by atoms with E-state index in [1.807, 2.05) is 30.9 Å². The number of aliphatic hydroxyl groups is 1. The Kier molecular flexibility index (Phi) is 7.18. The summed E-state index contributed by atoms with van der Waals surface area (Å²) >= 11 is 6.31. The van der Waals surface area contributed by atoms with Crippen LogP contribution in [0.1, 0.15) is 44.0 Å². The molecule has 1 atom stereocenters. The number of carbonyl (C=O) groups is 2. The second-order valence-corrected chi connectivity index (χ2v) is 9.92. The Bertz CT molecular complexity index is 813. The fraction of sp³-hybridized carbons (Fsp3) is 0.652. The van der Waals surface area contributed by atoms with Gasteiger partial charge in [0.1, 0.15) is 5.60 Å². The molecule has 2 aliphatic heterocycles. The molecule has 1 aromatic rings. The lowest BCUT2D eigenvalue weighted by molar-refractivity contribution is -0.155. The summed E-state index contributed by atoms with van der Waals surface area (Å²) in [7, 11) is 3.42. The zero-order chi connectivity index (χ0) is 22.9. The summed E-state index contributed by atoms with van der Waals surface area (Å²) < 4.78 is 0. The van der Waals surface area contributed by atoms with Crippen molar-refractivity contribution in [2.24, 2.45) is 5.92 Å². The number of amides is 2. The minimum Gasteiger partial charge on any atom is -0.380 e. The summed E-state index contributed by atoms with van der Waals surface area (Å²) in [5.41, 5.74) is 0.124. The fourth-order valence-electron chi connectivity index (χ4n) is 4.16. The largest absolute Gasteiger partial charge is 0.380 e. The SMILES string of the molecule is CC(C)[C@](C)(O)C(=O)N1CCC(N2CC(Nc3ccc(C(=O)N(C)C)c(Cl)c3)C2)CC1. The van der Waals surface area contributed by atoms with Crippen LogP contribution in [0.4, 0.5) is 5.69 Å². The fourth-order valence-corrected chi connectivity index (χ4v) is 4.42. The highest BCUT2D eigenvalue weighted by atomic mass is 35.5. The molecule has 172 valence electrons. The topological polar surface area (TPSA) is 76.1 Å². The number of nitrogens with one attached hydrogen (secondary N) is 1. The van der Waals surface area contributed by atoms with Crippen molar-refractivity contribution < 1.29 is 14.7 Å². The molecule has 2 N–H and O–H groups in total. The Morgan fingerprint density at radius 2 is 1.84 bits per heavy atom. The summed E-state index contributed by atoms with van der Waals surface area (Å²) in [5.74, 6) is -0.369. The molecule has 7 nitrogen and oxygen atoms in total. The van der Waals surface area contributed by atoms with Crippen molar-refractivity contribution in [1.29, 1.82) is 0 Å². The molecule has 2 heterocycles. The van der Waals surface area contributed by atoms with Crippen LogP contribution in [0.2, 0.25) is 5.02 Å². The third-order valence-electron chi connectivity index (χ3n) is 6.71. The van der Waals surface area contributed by atoms with Crippen molar-refractivity contribution >= 4 is 29.1 Å². The number of hydrogen-bond donors (Lipinski definition) is 2. The summed E-state index contributed by atoms with van der Waals surface area (Å²) in [5, 5.41) is 14.4. The van der Waals surface area contributed by atoms with Gasteiger partial charge in [0.2, 0.25) is 0 Å². The van der Waals surface area contributed by atoms with E-state index in [9.17, 15) is 14.7 Å². The molecule has 2 saturated heterocycles. The highest BCUT2D eigenvalue weighted by Gasteiger charge is 2.40. The van der Waals surface area contributed by atoms with Gasteiger partial charge in [-0.2, -0.15) is 0 Å². The van der Waals surface area contributed by atoms with Gasteiger partial charge >= 0.3 is 0 Å². The third kappa shape index (κ3) is 5.16. The quantitative estimate of drug-likeness (QED) is 0.696. The van der Waals surface area contributed by atoms with Crippen molar-refractivity contribution in [2.45, 2.75) is 51.3 Å². The smallest absolute Gasteiger partial charge is 0.254 e. The van der Waals surface area contributed by atoms with Crippen LogP contribution < -0.4 is 5.32 Å². The minimum atomic E-state index is -1.30. The van der Waals surface area contributed by atoms with Gasteiger partial charge in [-0.15, -0.1) is 0 Å². The zero-order valence-corrected chi connectivity index (χ0v) is 19.9. The van der Waals surface area contributed by atoms with Crippen LogP contribution in [0.15, 0.2) is 18.2 Å². The standard InChI is InChI=1S/C23H35ClN4O3/c1-15(2)23(3,31)22(30)27-10-8-18(9-11-27)28-13-17(14-28)25-16-6-7-19(20(24)12-16)21(29)26(4)5/h6-7,12,15,17-18,25,31H,8-11,13-14H2,1-5H3/t23-/m0/s1. The molecule has 0 radical (unpaired) electrons. The average molecular weight is 451 g/mol. The Hall–Kier alpha value is -1.83. The molecular formula is C23H35ClN4O3. The number of carbonyl (C=O) groups excluding carboxylic acids is 2. The minimum absolute atomic E-state index is 0.105. The molecule has 0 spiro atoms. The predicted octanol–water partition coefficient (Wildman–Crippen LogP) is 2.54. The molecule has 1 aromatic carbocycles. The van der Waals surface area contributed by atoms with Crippen molar-refractivity contribution in [2.75, 3.05) is 45.6 Å². The van der Waals surface area contributed by atoms with Gasteiger partial charge < -0.3 is 20.2 Å². The van der Waals surface area contributed by atoms with Crippen molar-refractivity contribution in [1.82, 2.24) is 14.7 Å². The molecule has 2 amide bonds. The van der Waals surface area contributed by atoms with E-state index in [0.717, 1.165) is 31.6 Å². The highest BCUT2D eigenvalue weighted by molar-refractivity contribution is 6.34. The molecule has 0 aliphatic carbocycles. The Morgan fingerprint density at radius 3 is 2.35 bits per heavy atom. The molecular weight excluding hydrogens is 416 g/mol. The Labute approximate surface area is 190 Å². The molecule has 8 heteroatoms. The maximum Gasteiger partial charge on any atom is 0.254 e. The van der Waals surface area contributed by atoms with Crippen LogP contribution >= 0.6 is 11.6 Å². The number of hydrogen-bond acceptors (Lipinski definition) is 5. The van der Waals surface area contributed by atoms with E-state index >= 15 is 0 Å². The number of anilines is 1. The predicted molar refractivity (Wildman–Crippen MR) is 124 cm³/mol. The van der Waals surface area contributed by atoms with Gasteiger partial charge in [-0.3, -0.25) is 14.5 Å². The first kappa shape index (κ1) is 23.8. The van der Waals surface area contributed by atoms with E-state index in [-0.39, 0.29) is 17.7 Å². The van der Waals surface area contributed by atoms with E-state index in [4.69, 9.17) is 11.6 Å². The van der Waals surface area contributed by atoms with Gasteiger partial charge in [0.15, 0.2) is 0 Å². The van der Waals surface area contributed by atoms with E-state index in [1.165, 1.54) is 4.90 Å². The molecule has 2 aliphatic rings. The lowest BCUT2D eigenvalue weighted by Gasteiger charge is -2.48. The van der Waals surface area contributed by atoms with Crippen molar-refractivity contribution in [3.63, 3.8) is 0 Å². The molecule has 2 fully saturated rings. The van der Waals surface area contributed by atoms with Crippen LogP contribution in [0.3, 0.4) is 0 Å². The summed E-state index contributed by atoms with van der Waals surface area (Å²) in [6.45, 7) is 8.64. The number of benzene rings is 1. The monoisotopic (exact) mass is 450 g/mol. The molecule has 3 rings (SSSR count). The second-order valence-electron chi connectivity index (χ2n) is 9.51. The first-order chi connectivity index (χ1) is 14.5. The molecule has 31 heavy (non-hydrogen) atoms. The molecule has 0 unspecified atom stereocenters. The number of halogens is 1. The second kappa shape index (κ2) is 9.35. The van der Waals surface area contributed by atoms with Gasteiger partial charge in [-0.05, 0) is 43.9 Å². The van der Waals surface area contributed by atoms with Gasteiger partial charge in [0.25, 0.3) is 11.8 Å². The summed E-state index contributed by atoms with van der Waals surface area (Å²) in [6, 6.07) is 6.28. The average Bonchev–Trinajstić information content (AvgIpc) is 2.69. The molecule has 0 bridgehead atoms. The van der Waals surface area contributed by atoms with Gasteiger partial charge in [-0.25, -0.2) is 0 Å². The van der Waals surface area contributed by atoms with E-state index < -0.39 is 5.60 Å². The van der Waals surface area contributed by atoms with Gasteiger partial charge in [0, 0.05) is 52.0 Å². The van der Waals surface area contributed by atoms with E-state index in [0.29, 0.717) is 35.8 Å². The Morgan fingerprint density at radius 1 is 1.23 bits per heavy atom. The van der Waals surface area contributed by atoms with Crippen molar-refractivity contribution in [3.05, 3.63) is 28.8 Å². The summed E-state index contributed by atoms with van der Waals surface area (Å²) in [6.07, 6.45) is 1.86. The molecule has 0 aromatic heterocycles. The Balaban J connectivity index is 1.46. The number of rotatable bonds is 6. The summed E-state index contributed by atoms with van der Waals surface area (Å²) in [4.78, 5) is 30.5. The highest BCUT2D eigenvalue weighted by Crippen LogP contribution is 2.28. The zero-order valence-electron chi connectivity index (χ0n) is 19.2. The number of nitrogens with zero attached hydrogens (tertiary/aromatic N) is 3. The van der Waals surface area contributed by atoms with Crippen LogP contribution in [0.25, 0.3) is 0 Å². The first-order valence-electron chi connectivity index (χ1n) is 11.0. The lowest BCUT2D eigenvalue weighted by atomic mass is 9.89. The maximum atomic E-state index is 12.6. The molecule has 0 saturated carbocycles. The van der Waals surface area contributed by atoms with Gasteiger partial charge in [-0.1, -0.05) is 25.4 Å². The van der Waals surface area contributed by atoms with E-state index in [2.05, 4.69) is 10.2 Å². The maximum absolute atomic E-state index is 12.6. The van der Waals surface area contributed by atoms with Gasteiger partial charge in [0.05, 0.1) is 16.6 Å².